The Balaban J connectivity index is 2.02. The van der Waals surface area contributed by atoms with Crippen LogP contribution in [-0.2, 0) is 16.4 Å². The maximum absolute atomic E-state index is 12.1. The van der Waals surface area contributed by atoms with Gasteiger partial charge in [-0.2, -0.15) is 0 Å². The summed E-state index contributed by atoms with van der Waals surface area (Å²) in [5, 5.41) is 10.7. The summed E-state index contributed by atoms with van der Waals surface area (Å²) in [5.74, 6) is -0.0292. The van der Waals surface area contributed by atoms with Gasteiger partial charge in [-0.15, -0.1) is 11.3 Å². The van der Waals surface area contributed by atoms with Gasteiger partial charge in [-0.05, 0) is 31.5 Å². The van der Waals surface area contributed by atoms with Gasteiger partial charge in [0.25, 0.3) is 5.69 Å². The van der Waals surface area contributed by atoms with Gasteiger partial charge in [-0.25, -0.2) is 13.1 Å². The van der Waals surface area contributed by atoms with Crippen LogP contribution in [0, 0.1) is 10.1 Å². The average molecular weight is 354 g/mol. The number of nitrogens with one attached hydrogen (secondary N) is 1. The van der Waals surface area contributed by atoms with Crippen molar-refractivity contribution >= 4 is 32.8 Å². The Labute approximate surface area is 137 Å². The third-order valence-electron chi connectivity index (χ3n) is 3.01. The molecule has 7 nitrogen and oxygen atoms in total. The summed E-state index contributed by atoms with van der Waals surface area (Å²) in [4.78, 5) is 22.6. The van der Waals surface area contributed by atoms with Crippen molar-refractivity contribution in [3.05, 3.63) is 56.3 Å². The number of ketones is 1. The molecule has 0 fully saturated rings. The topological polar surface area (TPSA) is 106 Å². The van der Waals surface area contributed by atoms with E-state index in [-0.39, 0.29) is 22.9 Å². The second-order valence-electron chi connectivity index (χ2n) is 4.72. The fourth-order valence-electron chi connectivity index (χ4n) is 1.86. The number of hydrogen-bond donors (Lipinski definition) is 1. The zero-order valence-corrected chi connectivity index (χ0v) is 13.8. The molecule has 9 heteroatoms. The summed E-state index contributed by atoms with van der Waals surface area (Å²) in [6, 6.07) is 8.36. The summed E-state index contributed by atoms with van der Waals surface area (Å²) in [6.45, 7) is 1.61. The van der Waals surface area contributed by atoms with E-state index < -0.39 is 14.9 Å². The zero-order chi connectivity index (χ0) is 17.0. The molecule has 122 valence electrons. The number of carbonyl (C=O) groups is 1. The van der Waals surface area contributed by atoms with Crippen LogP contribution in [0.2, 0.25) is 0 Å². The molecule has 1 N–H and O–H groups in total. The van der Waals surface area contributed by atoms with E-state index in [2.05, 4.69) is 4.72 Å². The molecule has 0 aliphatic heterocycles. The molecule has 0 atom stereocenters. The molecule has 0 aliphatic rings. The fraction of sp³-hybridized carbons (Fsp3) is 0.214. The molecule has 0 bridgehead atoms. The van der Waals surface area contributed by atoms with Gasteiger partial charge < -0.3 is 0 Å². The predicted octanol–water partition coefficient (Wildman–Crippen LogP) is 2.38. The number of thiophene rings is 1. The average Bonchev–Trinajstić information content (AvgIpc) is 2.96. The van der Waals surface area contributed by atoms with E-state index in [1.807, 2.05) is 0 Å². The number of hydrogen-bond acceptors (Lipinski definition) is 6. The molecular formula is C14H14N2O5S2. The summed E-state index contributed by atoms with van der Waals surface area (Å²) in [6.07, 6.45) is 0.437. The quantitative estimate of drug-likeness (QED) is 0.467. The lowest BCUT2D eigenvalue weighted by molar-refractivity contribution is -0.385. The number of non-ortho nitro benzene ring substituents is 1. The Kier molecular flexibility index (Phi) is 5.24. The van der Waals surface area contributed by atoms with Crippen LogP contribution in [0.4, 0.5) is 5.69 Å². The normalized spacial score (nSPS) is 11.3. The second kappa shape index (κ2) is 6.99. The van der Waals surface area contributed by atoms with Crippen LogP contribution in [0.3, 0.4) is 0 Å². The Bertz CT molecular complexity index is 842. The van der Waals surface area contributed by atoms with Crippen LogP contribution in [-0.4, -0.2) is 25.7 Å². The molecule has 0 aliphatic carbocycles. The van der Waals surface area contributed by atoms with E-state index in [4.69, 9.17) is 0 Å². The summed E-state index contributed by atoms with van der Waals surface area (Å²) in [5.41, 5.74) is -0.280. The first-order valence-electron chi connectivity index (χ1n) is 6.63. The zero-order valence-electron chi connectivity index (χ0n) is 12.2. The van der Waals surface area contributed by atoms with E-state index in [1.165, 1.54) is 36.5 Å². The minimum atomic E-state index is -3.81. The SMILES string of the molecule is CC(=O)c1ccc(CCNS(=O)(=O)c2cccc([N+](=O)[O-])c2)s1. The monoisotopic (exact) mass is 354 g/mol. The maximum atomic E-state index is 12.1. The number of nitro benzene ring substituents is 1. The van der Waals surface area contributed by atoms with Gasteiger partial charge in [-0.3, -0.25) is 14.9 Å². The van der Waals surface area contributed by atoms with Crippen LogP contribution < -0.4 is 4.72 Å². The van der Waals surface area contributed by atoms with Gasteiger partial charge in [-0.1, -0.05) is 6.07 Å². The highest BCUT2D eigenvalue weighted by Gasteiger charge is 2.17. The van der Waals surface area contributed by atoms with Crippen molar-refractivity contribution in [2.45, 2.75) is 18.2 Å². The van der Waals surface area contributed by atoms with Crippen molar-refractivity contribution in [2.24, 2.45) is 0 Å². The molecule has 23 heavy (non-hydrogen) atoms. The van der Waals surface area contributed by atoms with Gasteiger partial charge in [0.15, 0.2) is 5.78 Å². The van der Waals surface area contributed by atoms with E-state index in [0.29, 0.717) is 11.3 Å². The summed E-state index contributed by atoms with van der Waals surface area (Å²) in [7, 11) is -3.81. The molecule has 0 amide bonds. The van der Waals surface area contributed by atoms with Gasteiger partial charge in [0.05, 0.1) is 14.7 Å². The lowest BCUT2D eigenvalue weighted by Crippen LogP contribution is -2.25. The molecule has 2 aromatic rings. The van der Waals surface area contributed by atoms with Gasteiger partial charge in [0.2, 0.25) is 10.0 Å². The smallest absolute Gasteiger partial charge is 0.270 e. The van der Waals surface area contributed by atoms with Crippen LogP contribution in [0.15, 0.2) is 41.3 Å². The Morgan fingerprint density at radius 2 is 2.04 bits per heavy atom. The molecule has 0 saturated heterocycles. The van der Waals surface area contributed by atoms with E-state index in [0.717, 1.165) is 10.9 Å². The summed E-state index contributed by atoms with van der Waals surface area (Å²) < 4.78 is 26.7. The highest BCUT2D eigenvalue weighted by molar-refractivity contribution is 7.89. The second-order valence-corrected chi connectivity index (χ2v) is 7.66. The Morgan fingerprint density at radius 1 is 1.30 bits per heavy atom. The third-order valence-corrected chi connectivity index (χ3v) is 5.72. The highest BCUT2D eigenvalue weighted by Crippen LogP contribution is 2.19. The summed E-state index contributed by atoms with van der Waals surface area (Å²) >= 11 is 1.32. The van der Waals surface area contributed by atoms with Crippen LogP contribution >= 0.6 is 11.3 Å². The minimum Gasteiger partial charge on any atom is -0.294 e. The minimum absolute atomic E-state index is 0.0292. The van der Waals surface area contributed by atoms with Crippen molar-refractivity contribution in [1.29, 1.82) is 0 Å². The number of sulfonamides is 1. The van der Waals surface area contributed by atoms with Crippen molar-refractivity contribution in [3.63, 3.8) is 0 Å². The molecular weight excluding hydrogens is 340 g/mol. The molecule has 1 aromatic heterocycles. The standard InChI is InChI=1S/C14H14N2O5S2/c1-10(17)14-6-5-12(22-14)7-8-15-23(20,21)13-4-2-3-11(9-13)16(18)19/h2-6,9,15H,7-8H2,1H3. The lowest BCUT2D eigenvalue weighted by Gasteiger charge is -2.06. The first kappa shape index (κ1) is 17.3. The molecule has 0 spiro atoms. The number of benzene rings is 1. The fourth-order valence-corrected chi connectivity index (χ4v) is 3.83. The van der Waals surface area contributed by atoms with E-state index in [9.17, 15) is 23.3 Å². The lowest BCUT2D eigenvalue weighted by atomic mass is 10.3. The number of carbonyl (C=O) groups excluding carboxylic acids is 1. The predicted molar refractivity (Wildman–Crippen MR) is 86.3 cm³/mol. The molecule has 0 saturated carbocycles. The number of rotatable bonds is 7. The van der Waals surface area contributed by atoms with Crippen LogP contribution in [0.5, 0.6) is 0 Å². The largest absolute Gasteiger partial charge is 0.294 e. The van der Waals surface area contributed by atoms with Gasteiger partial charge in [0.1, 0.15) is 0 Å². The van der Waals surface area contributed by atoms with Crippen LogP contribution in [0.1, 0.15) is 21.5 Å². The Hall–Kier alpha value is -2.10. The number of nitro groups is 1. The van der Waals surface area contributed by atoms with Crippen molar-refractivity contribution in [3.8, 4) is 0 Å². The van der Waals surface area contributed by atoms with Crippen molar-refractivity contribution in [1.82, 2.24) is 4.72 Å². The van der Waals surface area contributed by atoms with E-state index in [1.54, 1.807) is 12.1 Å². The van der Waals surface area contributed by atoms with Gasteiger partial charge in [0, 0.05) is 23.6 Å². The first-order valence-corrected chi connectivity index (χ1v) is 8.93. The van der Waals surface area contributed by atoms with Crippen LogP contribution in [0.25, 0.3) is 0 Å². The maximum Gasteiger partial charge on any atom is 0.270 e. The van der Waals surface area contributed by atoms with E-state index >= 15 is 0 Å². The number of Topliss-reactive ketones (excluding diaryl/α,β-unsaturated/α-hetero) is 1. The highest BCUT2D eigenvalue weighted by atomic mass is 32.2. The molecule has 2 rings (SSSR count). The van der Waals surface area contributed by atoms with Crippen molar-refractivity contribution in [2.75, 3.05) is 6.54 Å². The third kappa shape index (κ3) is 4.44. The Morgan fingerprint density at radius 3 is 2.65 bits per heavy atom. The molecule has 0 radical (unpaired) electrons. The molecule has 0 unspecified atom stereocenters. The number of nitrogens with zero attached hydrogens (tertiary/aromatic N) is 1. The molecule has 1 aromatic carbocycles. The first-order chi connectivity index (χ1) is 10.8. The van der Waals surface area contributed by atoms with Crippen molar-refractivity contribution < 1.29 is 18.1 Å². The van der Waals surface area contributed by atoms with Gasteiger partial charge >= 0.3 is 0 Å². The molecule has 1 heterocycles.